The maximum atomic E-state index is 11.6. The SMILES string of the molecule is Cc1nc(NCCNC(=O)CC(C)C)cc(-n2cccn2)n1. The Hall–Kier alpha value is -2.44. The fourth-order valence-electron chi connectivity index (χ4n) is 2.00. The summed E-state index contributed by atoms with van der Waals surface area (Å²) in [5.74, 6) is 2.54. The predicted molar refractivity (Wildman–Crippen MR) is 84.8 cm³/mol. The molecule has 22 heavy (non-hydrogen) atoms. The third-order valence-electron chi connectivity index (χ3n) is 2.91. The van der Waals surface area contributed by atoms with Gasteiger partial charge in [-0.15, -0.1) is 0 Å². The van der Waals surface area contributed by atoms with E-state index in [0.29, 0.717) is 37.1 Å². The Labute approximate surface area is 130 Å². The molecule has 0 fully saturated rings. The van der Waals surface area contributed by atoms with Gasteiger partial charge >= 0.3 is 0 Å². The van der Waals surface area contributed by atoms with Crippen molar-refractivity contribution >= 4 is 11.7 Å². The van der Waals surface area contributed by atoms with Crippen molar-refractivity contribution in [2.45, 2.75) is 27.2 Å². The lowest BCUT2D eigenvalue weighted by Gasteiger charge is -2.10. The standard InChI is InChI=1S/C15H22N6O/c1-11(2)9-15(22)17-7-6-16-13-10-14(20-12(3)19-13)21-8-4-5-18-21/h4-5,8,10-11H,6-7,9H2,1-3H3,(H,17,22)(H,16,19,20). The van der Waals surface area contributed by atoms with Gasteiger partial charge in [0.1, 0.15) is 11.6 Å². The zero-order valence-electron chi connectivity index (χ0n) is 13.2. The molecule has 2 heterocycles. The van der Waals surface area contributed by atoms with Crippen LogP contribution in [0.5, 0.6) is 0 Å². The van der Waals surface area contributed by atoms with Crippen LogP contribution < -0.4 is 10.6 Å². The van der Waals surface area contributed by atoms with Crippen LogP contribution in [0.25, 0.3) is 5.82 Å². The molecular weight excluding hydrogens is 280 g/mol. The fraction of sp³-hybridized carbons (Fsp3) is 0.467. The van der Waals surface area contributed by atoms with E-state index in [4.69, 9.17) is 0 Å². The summed E-state index contributed by atoms with van der Waals surface area (Å²) in [7, 11) is 0. The van der Waals surface area contributed by atoms with Gasteiger partial charge in [-0.05, 0) is 18.9 Å². The van der Waals surface area contributed by atoms with Crippen LogP contribution in [-0.2, 0) is 4.79 Å². The summed E-state index contributed by atoms with van der Waals surface area (Å²) in [5, 5.41) is 10.2. The highest BCUT2D eigenvalue weighted by molar-refractivity contribution is 5.76. The zero-order valence-corrected chi connectivity index (χ0v) is 13.2. The lowest BCUT2D eigenvalue weighted by molar-refractivity contribution is -0.121. The third kappa shape index (κ3) is 4.83. The van der Waals surface area contributed by atoms with Crippen LogP contribution in [0.3, 0.4) is 0 Å². The largest absolute Gasteiger partial charge is 0.368 e. The second-order valence-corrected chi connectivity index (χ2v) is 5.48. The van der Waals surface area contributed by atoms with Crippen molar-refractivity contribution in [1.29, 1.82) is 0 Å². The molecule has 1 amide bonds. The Morgan fingerprint density at radius 3 is 2.82 bits per heavy atom. The van der Waals surface area contributed by atoms with Gasteiger partial charge in [-0.1, -0.05) is 13.8 Å². The van der Waals surface area contributed by atoms with Crippen LogP contribution in [0, 0.1) is 12.8 Å². The molecule has 2 aromatic heterocycles. The predicted octanol–water partition coefficient (Wildman–Crippen LogP) is 1.54. The Balaban J connectivity index is 1.87. The van der Waals surface area contributed by atoms with Crippen molar-refractivity contribution in [3.63, 3.8) is 0 Å². The van der Waals surface area contributed by atoms with E-state index in [9.17, 15) is 4.79 Å². The number of anilines is 1. The molecule has 7 heteroatoms. The molecule has 0 radical (unpaired) electrons. The lowest BCUT2D eigenvalue weighted by atomic mass is 10.1. The normalized spacial score (nSPS) is 10.7. The summed E-state index contributed by atoms with van der Waals surface area (Å²) in [5.41, 5.74) is 0. The Kier molecular flexibility index (Phi) is 5.46. The van der Waals surface area contributed by atoms with Gasteiger partial charge in [0.15, 0.2) is 5.82 Å². The topological polar surface area (TPSA) is 84.7 Å². The molecule has 0 saturated carbocycles. The van der Waals surface area contributed by atoms with Gasteiger partial charge in [0.2, 0.25) is 5.91 Å². The molecule has 0 bridgehead atoms. The number of rotatable bonds is 7. The number of carbonyl (C=O) groups excluding carboxylic acids is 1. The van der Waals surface area contributed by atoms with Crippen LogP contribution in [0.15, 0.2) is 24.5 Å². The van der Waals surface area contributed by atoms with Crippen LogP contribution in [0.1, 0.15) is 26.1 Å². The molecule has 0 atom stereocenters. The molecule has 0 aliphatic rings. The van der Waals surface area contributed by atoms with Crippen molar-refractivity contribution in [3.05, 3.63) is 30.4 Å². The van der Waals surface area contributed by atoms with Gasteiger partial charge in [0.05, 0.1) is 0 Å². The van der Waals surface area contributed by atoms with Crippen molar-refractivity contribution in [1.82, 2.24) is 25.1 Å². The van der Waals surface area contributed by atoms with E-state index < -0.39 is 0 Å². The minimum atomic E-state index is 0.0768. The molecule has 0 unspecified atom stereocenters. The first kappa shape index (κ1) is 15.9. The molecule has 2 aromatic rings. The van der Waals surface area contributed by atoms with Crippen molar-refractivity contribution < 1.29 is 4.79 Å². The van der Waals surface area contributed by atoms with E-state index in [1.54, 1.807) is 10.9 Å². The number of amides is 1. The van der Waals surface area contributed by atoms with Crippen molar-refractivity contribution in [2.24, 2.45) is 5.92 Å². The highest BCUT2D eigenvalue weighted by Gasteiger charge is 2.05. The van der Waals surface area contributed by atoms with E-state index in [-0.39, 0.29) is 5.91 Å². The molecular formula is C15H22N6O. The minimum Gasteiger partial charge on any atom is -0.368 e. The molecule has 0 saturated heterocycles. The monoisotopic (exact) mass is 302 g/mol. The van der Waals surface area contributed by atoms with E-state index in [0.717, 1.165) is 5.82 Å². The van der Waals surface area contributed by atoms with Gasteiger partial charge in [0, 0.05) is 38.0 Å². The maximum Gasteiger partial charge on any atom is 0.220 e. The highest BCUT2D eigenvalue weighted by atomic mass is 16.1. The summed E-state index contributed by atoms with van der Waals surface area (Å²) in [6, 6.07) is 3.67. The first-order valence-electron chi connectivity index (χ1n) is 7.41. The number of nitrogens with one attached hydrogen (secondary N) is 2. The molecule has 2 N–H and O–H groups in total. The van der Waals surface area contributed by atoms with E-state index in [1.165, 1.54) is 0 Å². The number of carbonyl (C=O) groups is 1. The number of hydrogen-bond acceptors (Lipinski definition) is 5. The first-order chi connectivity index (χ1) is 10.5. The van der Waals surface area contributed by atoms with Crippen LogP contribution in [-0.4, -0.2) is 38.7 Å². The molecule has 7 nitrogen and oxygen atoms in total. The van der Waals surface area contributed by atoms with E-state index in [2.05, 4.69) is 25.7 Å². The fourth-order valence-corrected chi connectivity index (χ4v) is 2.00. The maximum absolute atomic E-state index is 11.6. The van der Waals surface area contributed by atoms with Gasteiger partial charge in [0.25, 0.3) is 0 Å². The minimum absolute atomic E-state index is 0.0768. The van der Waals surface area contributed by atoms with E-state index in [1.807, 2.05) is 39.1 Å². The lowest BCUT2D eigenvalue weighted by Crippen LogP contribution is -2.29. The second kappa shape index (κ2) is 7.53. The zero-order chi connectivity index (χ0) is 15.9. The summed E-state index contributed by atoms with van der Waals surface area (Å²) >= 11 is 0. The van der Waals surface area contributed by atoms with Gasteiger partial charge in [-0.2, -0.15) is 5.10 Å². The Morgan fingerprint density at radius 1 is 1.32 bits per heavy atom. The number of aryl methyl sites for hydroxylation is 1. The molecule has 0 aliphatic carbocycles. The summed E-state index contributed by atoms with van der Waals surface area (Å²) in [6.07, 6.45) is 4.09. The summed E-state index contributed by atoms with van der Waals surface area (Å²) in [6.45, 7) is 7.06. The van der Waals surface area contributed by atoms with E-state index >= 15 is 0 Å². The number of aromatic nitrogens is 4. The Morgan fingerprint density at radius 2 is 2.14 bits per heavy atom. The molecule has 0 aromatic carbocycles. The first-order valence-corrected chi connectivity index (χ1v) is 7.41. The smallest absolute Gasteiger partial charge is 0.220 e. The Bertz CT molecular complexity index is 609. The molecule has 2 rings (SSSR count). The summed E-state index contributed by atoms with van der Waals surface area (Å²) < 4.78 is 1.68. The van der Waals surface area contributed by atoms with Gasteiger partial charge in [-0.3, -0.25) is 4.79 Å². The average molecular weight is 302 g/mol. The number of hydrogen-bond donors (Lipinski definition) is 2. The molecule has 0 spiro atoms. The second-order valence-electron chi connectivity index (χ2n) is 5.48. The number of nitrogens with zero attached hydrogens (tertiary/aromatic N) is 4. The molecule has 118 valence electrons. The quantitative estimate of drug-likeness (QED) is 0.758. The third-order valence-corrected chi connectivity index (χ3v) is 2.91. The van der Waals surface area contributed by atoms with Gasteiger partial charge in [-0.25, -0.2) is 14.6 Å². The van der Waals surface area contributed by atoms with Crippen molar-refractivity contribution in [3.8, 4) is 5.82 Å². The highest BCUT2D eigenvalue weighted by Crippen LogP contribution is 2.09. The van der Waals surface area contributed by atoms with Crippen LogP contribution in [0.2, 0.25) is 0 Å². The van der Waals surface area contributed by atoms with Gasteiger partial charge < -0.3 is 10.6 Å². The van der Waals surface area contributed by atoms with Crippen LogP contribution in [0.4, 0.5) is 5.82 Å². The van der Waals surface area contributed by atoms with Crippen molar-refractivity contribution in [2.75, 3.05) is 18.4 Å². The summed E-state index contributed by atoms with van der Waals surface area (Å²) in [4.78, 5) is 20.2. The average Bonchev–Trinajstić information content (AvgIpc) is 2.96. The van der Waals surface area contributed by atoms with Crippen LogP contribution >= 0.6 is 0 Å². The molecule has 0 aliphatic heterocycles.